The van der Waals surface area contributed by atoms with Gasteiger partial charge in [-0.1, -0.05) is 18.2 Å². The molecule has 3 rings (SSSR count). The zero-order chi connectivity index (χ0) is 21.7. The van der Waals surface area contributed by atoms with E-state index in [0.717, 1.165) is 24.2 Å². The summed E-state index contributed by atoms with van der Waals surface area (Å²) >= 11 is 0. The predicted molar refractivity (Wildman–Crippen MR) is 118 cm³/mol. The molecule has 1 aromatic heterocycles. The van der Waals surface area contributed by atoms with Gasteiger partial charge in [0.1, 0.15) is 0 Å². The molecule has 0 atom stereocenters. The van der Waals surface area contributed by atoms with Crippen LogP contribution >= 0.6 is 0 Å². The summed E-state index contributed by atoms with van der Waals surface area (Å²) in [6.07, 6.45) is 3.78. The number of hydrogen-bond acceptors (Lipinski definition) is 5. The lowest BCUT2D eigenvalue weighted by Gasteiger charge is -2.32. The van der Waals surface area contributed by atoms with Crippen LogP contribution in [0.3, 0.4) is 0 Å². The summed E-state index contributed by atoms with van der Waals surface area (Å²) in [4.78, 5) is 8.81. The lowest BCUT2D eigenvalue weighted by molar-refractivity contribution is 0.222. The monoisotopic (exact) mass is 433 g/mol. The first kappa shape index (κ1) is 22.3. The molecule has 0 bridgehead atoms. The Morgan fingerprint density at radius 1 is 1.20 bits per heavy atom. The van der Waals surface area contributed by atoms with Gasteiger partial charge in [-0.2, -0.15) is 9.40 Å². The normalized spacial score (nSPS) is 16.6. The Hall–Kier alpha value is -2.43. The first-order valence-corrected chi connectivity index (χ1v) is 11.4. The van der Waals surface area contributed by atoms with E-state index in [-0.39, 0.29) is 0 Å². The fourth-order valence-electron chi connectivity index (χ4n) is 3.53. The summed E-state index contributed by atoms with van der Waals surface area (Å²) in [5, 5.41) is 7.48. The number of likely N-dealkylation sites (N-methyl/N-ethyl adjacent to an activating group) is 1. The predicted octanol–water partition coefficient (Wildman–Crippen LogP) is 0.564. The number of hydrogen-bond donors (Lipinski definition) is 1. The Morgan fingerprint density at radius 3 is 2.53 bits per heavy atom. The molecule has 30 heavy (non-hydrogen) atoms. The topological polar surface area (TPSA) is 86.1 Å². The Kier molecular flexibility index (Phi) is 7.11. The number of rotatable bonds is 6. The van der Waals surface area contributed by atoms with E-state index in [0.29, 0.717) is 37.0 Å². The number of aromatic nitrogens is 2. The molecule has 1 aliphatic heterocycles. The Bertz CT molecular complexity index is 979. The van der Waals surface area contributed by atoms with Crippen molar-refractivity contribution in [1.29, 1.82) is 0 Å². The minimum atomic E-state index is -3.53. The highest BCUT2D eigenvalue weighted by molar-refractivity contribution is 7.89. The summed E-state index contributed by atoms with van der Waals surface area (Å²) in [6.45, 7) is 3.52. The van der Waals surface area contributed by atoms with E-state index in [9.17, 15) is 8.42 Å². The molecule has 9 nitrogen and oxygen atoms in total. The number of aliphatic imine (C=N–C) groups is 1. The maximum atomic E-state index is 13.2. The largest absolute Gasteiger partial charge is 0.352 e. The first-order valence-electron chi connectivity index (χ1n) is 9.97. The van der Waals surface area contributed by atoms with E-state index < -0.39 is 10.0 Å². The fourth-order valence-corrected chi connectivity index (χ4v) is 5.17. The van der Waals surface area contributed by atoms with E-state index in [1.54, 1.807) is 28.2 Å². The van der Waals surface area contributed by atoms with Gasteiger partial charge >= 0.3 is 0 Å². The molecule has 0 radical (unpaired) electrons. The van der Waals surface area contributed by atoms with Crippen LogP contribution in [0.2, 0.25) is 0 Å². The molecule has 1 fully saturated rings. The van der Waals surface area contributed by atoms with Crippen LogP contribution in [0.1, 0.15) is 11.1 Å². The first-order chi connectivity index (χ1) is 14.3. The van der Waals surface area contributed by atoms with Crippen LogP contribution in [0.4, 0.5) is 0 Å². The van der Waals surface area contributed by atoms with Crippen LogP contribution in [0.5, 0.6) is 0 Å². The van der Waals surface area contributed by atoms with Gasteiger partial charge < -0.3 is 15.1 Å². The number of nitrogens with one attached hydrogen (secondary N) is 1. The van der Waals surface area contributed by atoms with Gasteiger partial charge in [0.15, 0.2) is 5.96 Å². The van der Waals surface area contributed by atoms with E-state index in [2.05, 4.69) is 20.3 Å². The number of guanidine groups is 1. The minimum absolute atomic E-state index is 0.354. The van der Waals surface area contributed by atoms with E-state index in [4.69, 9.17) is 0 Å². The van der Waals surface area contributed by atoms with Crippen molar-refractivity contribution in [2.24, 2.45) is 12.0 Å². The van der Waals surface area contributed by atoms with Gasteiger partial charge in [-0.3, -0.25) is 9.67 Å². The molecular weight excluding hydrogens is 402 g/mol. The van der Waals surface area contributed by atoms with Gasteiger partial charge in [0.05, 0.1) is 11.1 Å². The average Bonchev–Trinajstić information content (AvgIpc) is 3.13. The maximum Gasteiger partial charge on any atom is 0.243 e. The smallest absolute Gasteiger partial charge is 0.243 e. The summed E-state index contributed by atoms with van der Waals surface area (Å²) in [5.41, 5.74) is 1.80. The molecule has 0 saturated carbocycles. The number of aryl methyl sites for hydroxylation is 1. The molecular formula is C20H31N7O2S. The van der Waals surface area contributed by atoms with Gasteiger partial charge in [-0.05, 0) is 18.7 Å². The average molecular weight is 434 g/mol. The highest BCUT2D eigenvalue weighted by Gasteiger charge is 2.29. The molecule has 0 aliphatic carbocycles. The molecule has 0 spiro atoms. The molecule has 0 unspecified atom stereocenters. The van der Waals surface area contributed by atoms with Crippen molar-refractivity contribution in [3.05, 3.63) is 47.8 Å². The number of sulfonamides is 1. The van der Waals surface area contributed by atoms with Crippen LogP contribution in [0.25, 0.3) is 0 Å². The fraction of sp³-hybridized carbons (Fsp3) is 0.500. The van der Waals surface area contributed by atoms with E-state index in [1.807, 2.05) is 50.6 Å². The van der Waals surface area contributed by atoms with Crippen LogP contribution in [-0.2, 0) is 30.2 Å². The summed E-state index contributed by atoms with van der Waals surface area (Å²) < 4.78 is 29.8. The lowest BCUT2D eigenvalue weighted by Crippen LogP contribution is -2.47. The van der Waals surface area contributed by atoms with Crippen molar-refractivity contribution < 1.29 is 8.42 Å². The Labute approximate surface area is 179 Å². The SMILES string of the molecule is CN=C(NCc1ccccc1S(=O)(=O)N1CCN(C)CC1)N(C)Cc1cnn(C)c1. The minimum Gasteiger partial charge on any atom is -0.352 e. The van der Waals surface area contributed by atoms with Crippen LogP contribution in [0, 0.1) is 0 Å². The third kappa shape index (κ3) is 5.18. The molecule has 2 aromatic rings. The molecule has 0 amide bonds. The van der Waals surface area contributed by atoms with Crippen LogP contribution < -0.4 is 5.32 Å². The number of piperazine rings is 1. The van der Waals surface area contributed by atoms with Crippen molar-refractivity contribution in [2.75, 3.05) is 47.3 Å². The van der Waals surface area contributed by atoms with Crippen molar-refractivity contribution >= 4 is 16.0 Å². The Morgan fingerprint density at radius 2 is 1.90 bits per heavy atom. The second kappa shape index (κ2) is 9.59. The second-order valence-electron chi connectivity index (χ2n) is 7.59. The van der Waals surface area contributed by atoms with Crippen LogP contribution in [-0.4, -0.2) is 85.6 Å². The highest BCUT2D eigenvalue weighted by atomic mass is 32.2. The zero-order valence-corrected chi connectivity index (χ0v) is 18.9. The van der Waals surface area contributed by atoms with Crippen molar-refractivity contribution in [1.82, 2.24) is 29.2 Å². The molecule has 1 saturated heterocycles. The third-order valence-electron chi connectivity index (χ3n) is 5.24. The molecule has 1 aliphatic rings. The van der Waals surface area contributed by atoms with Gasteiger partial charge in [0, 0.05) is 72.2 Å². The quantitative estimate of drug-likeness (QED) is 0.529. The third-order valence-corrected chi connectivity index (χ3v) is 7.24. The van der Waals surface area contributed by atoms with Gasteiger partial charge in [-0.25, -0.2) is 8.42 Å². The second-order valence-corrected chi connectivity index (χ2v) is 9.50. The molecule has 1 aromatic carbocycles. The zero-order valence-electron chi connectivity index (χ0n) is 18.1. The van der Waals surface area contributed by atoms with Crippen LogP contribution in [0.15, 0.2) is 46.5 Å². The standard InChI is InChI=1S/C20H31N7O2S/c1-21-20(25(3)15-17-13-23-26(4)16-17)22-14-18-7-5-6-8-19(18)30(28,29)27-11-9-24(2)10-12-27/h5-8,13,16H,9-12,14-15H2,1-4H3,(H,21,22). The lowest BCUT2D eigenvalue weighted by atomic mass is 10.2. The van der Waals surface area contributed by atoms with Gasteiger partial charge in [0.25, 0.3) is 0 Å². The van der Waals surface area contributed by atoms with Gasteiger partial charge in [-0.15, -0.1) is 0 Å². The van der Waals surface area contributed by atoms with Crippen molar-refractivity contribution in [3.8, 4) is 0 Å². The maximum absolute atomic E-state index is 13.2. The molecule has 2 heterocycles. The molecule has 10 heteroatoms. The summed E-state index contributed by atoms with van der Waals surface area (Å²) in [7, 11) is 4.01. The summed E-state index contributed by atoms with van der Waals surface area (Å²) in [6, 6.07) is 7.18. The number of nitrogens with zero attached hydrogens (tertiary/aromatic N) is 6. The molecule has 164 valence electrons. The van der Waals surface area contributed by atoms with E-state index in [1.165, 1.54) is 0 Å². The van der Waals surface area contributed by atoms with Crippen molar-refractivity contribution in [3.63, 3.8) is 0 Å². The highest BCUT2D eigenvalue weighted by Crippen LogP contribution is 2.21. The molecule has 1 N–H and O–H groups in total. The van der Waals surface area contributed by atoms with E-state index >= 15 is 0 Å². The van der Waals surface area contributed by atoms with Crippen molar-refractivity contribution in [2.45, 2.75) is 18.0 Å². The van der Waals surface area contributed by atoms with Gasteiger partial charge in [0.2, 0.25) is 10.0 Å². The number of benzene rings is 1. The Balaban J connectivity index is 1.71. The summed E-state index contributed by atoms with van der Waals surface area (Å²) in [5.74, 6) is 0.686.